The van der Waals surface area contributed by atoms with Crippen LogP contribution in [0.2, 0.25) is 0 Å². The lowest BCUT2D eigenvalue weighted by atomic mass is 10.0. The standard InChI is InChI=1S/C27H21F2N5O/c28-21-7-2-18(3-8-21)25-26(19-4-9-22(29)10-5-19)33-24-16-20(6-11-23(24)32-25)27(35)31-12-1-14-34-15-13-30-17-34/h2-11,13,15-17H,1,12,14H2,(H,31,35). The second kappa shape index (κ2) is 9.80. The summed E-state index contributed by atoms with van der Waals surface area (Å²) in [5.74, 6) is -0.922. The fourth-order valence-corrected chi connectivity index (χ4v) is 3.80. The number of amides is 1. The molecule has 174 valence electrons. The van der Waals surface area contributed by atoms with Crippen molar-refractivity contribution < 1.29 is 13.6 Å². The number of benzene rings is 3. The molecule has 6 nitrogen and oxygen atoms in total. The number of carbonyl (C=O) groups is 1. The molecular formula is C27H21F2N5O. The van der Waals surface area contributed by atoms with E-state index in [1.165, 1.54) is 24.3 Å². The number of rotatable bonds is 7. The van der Waals surface area contributed by atoms with E-state index < -0.39 is 0 Å². The second-order valence-electron chi connectivity index (χ2n) is 8.05. The van der Waals surface area contributed by atoms with E-state index in [0.29, 0.717) is 45.7 Å². The summed E-state index contributed by atoms with van der Waals surface area (Å²) in [6.07, 6.45) is 6.10. The number of nitrogens with one attached hydrogen (secondary N) is 1. The Balaban J connectivity index is 1.45. The molecule has 0 saturated heterocycles. The fraction of sp³-hybridized carbons (Fsp3) is 0.111. The van der Waals surface area contributed by atoms with E-state index in [1.54, 1.807) is 55.0 Å². The van der Waals surface area contributed by atoms with Crippen molar-refractivity contribution in [2.45, 2.75) is 13.0 Å². The van der Waals surface area contributed by atoms with Gasteiger partial charge in [-0.3, -0.25) is 4.79 Å². The van der Waals surface area contributed by atoms with Gasteiger partial charge in [0.2, 0.25) is 0 Å². The first kappa shape index (κ1) is 22.3. The van der Waals surface area contributed by atoms with E-state index in [9.17, 15) is 13.6 Å². The average molecular weight is 469 g/mol. The quantitative estimate of drug-likeness (QED) is 0.330. The van der Waals surface area contributed by atoms with Crippen LogP contribution in [0.3, 0.4) is 0 Å². The molecule has 5 rings (SSSR count). The molecule has 3 aromatic carbocycles. The summed E-state index contributed by atoms with van der Waals surface area (Å²) in [5.41, 5.74) is 3.99. The van der Waals surface area contributed by atoms with Gasteiger partial charge in [-0.05, 0) is 73.2 Å². The molecule has 2 aromatic heterocycles. The molecule has 0 spiro atoms. The number of nitrogens with zero attached hydrogens (tertiary/aromatic N) is 4. The summed E-state index contributed by atoms with van der Waals surface area (Å²) in [6, 6.07) is 17.0. The molecule has 0 bridgehead atoms. The maximum atomic E-state index is 13.5. The number of carbonyl (C=O) groups excluding carboxylic acids is 1. The smallest absolute Gasteiger partial charge is 0.251 e. The van der Waals surface area contributed by atoms with Gasteiger partial charge in [-0.15, -0.1) is 0 Å². The minimum atomic E-state index is -0.363. The largest absolute Gasteiger partial charge is 0.352 e. The van der Waals surface area contributed by atoms with Crippen molar-refractivity contribution in [2.24, 2.45) is 0 Å². The molecule has 0 aliphatic rings. The molecule has 0 unspecified atom stereocenters. The summed E-state index contributed by atoms with van der Waals surface area (Å²) in [7, 11) is 0. The zero-order chi connectivity index (χ0) is 24.2. The Bertz CT molecular complexity index is 1470. The molecule has 0 aliphatic carbocycles. The summed E-state index contributed by atoms with van der Waals surface area (Å²) in [4.78, 5) is 26.2. The van der Waals surface area contributed by atoms with Crippen LogP contribution < -0.4 is 5.32 Å². The van der Waals surface area contributed by atoms with Crippen molar-refractivity contribution in [3.63, 3.8) is 0 Å². The van der Waals surface area contributed by atoms with Crippen LogP contribution in [-0.4, -0.2) is 32.0 Å². The van der Waals surface area contributed by atoms with Gasteiger partial charge >= 0.3 is 0 Å². The summed E-state index contributed by atoms with van der Waals surface area (Å²) < 4.78 is 29.0. The molecule has 0 atom stereocenters. The molecule has 35 heavy (non-hydrogen) atoms. The van der Waals surface area contributed by atoms with Crippen molar-refractivity contribution in [3.8, 4) is 22.5 Å². The van der Waals surface area contributed by atoms with Gasteiger partial charge in [-0.25, -0.2) is 23.7 Å². The molecule has 5 aromatic rings. The number of imidazole rings is 1. The molecule has 0 radical (unpaired) electrons. The summed E-state index contributed by atoms with van der Waals surface area (Å²) >= 11 is 0. The Kier molecular flexibility index (Phi) is 6.26. The number of halogens is 2. The maximum Gasteiger partial charge on any atom is 0.251 e. The average Bonchev–Trinajstić information content (AvgIpc) is 3.40. The first-order valence-corrected chi connectivity index (χ1v) is 11.1. The Hall–Kier alpha value is -4.46. The SMILES string of the molecule is O=C(NCCCn1ccnc1)c1ccc2nc(-c3ccc(F)cc3)c(-c3ccc(F)cc3)nc2c1. The van der Waals surface area contributed by atoms with E-state index in [0.717, 1.165) is 13.0 Å². The lowest BCUT2D eigenvalue weighted by Gasteiger charge is -2.12. The highest BCUT2D eigenvalue weighted by molar-refractivity contribution is 5.98. The normalized spacial score (nSPS) is 11.0. The van der Waals surface area contributed by atoms with Crippen LogP contribution in [0, 0.1) is 11.6 Å². The summed E-state index contributed by atoms with van der Waals surface area (Å²) in [6.45, 7) is 1.28. The number of aromatic nitrogens is 4. The monoisotopic (exact) mass is 469 g/mol. The Morgan fingerprint density at radius 1 is 0.829 bits per heavy atom. The lowest BCUT2D eigenvalue weighted by Crippen LogP contribution is -2.25. The zero-order valence-electron chi connectivity index (χ0n) is 18.7. The predicted octanol–water partition coefficient (Wildman–Crippen LogP) is 5.26. The number of fused-ring (bicyclic) bond motifs is 1. The summed E-state index contributed by atoms with van der Waals surface area (Å²) in [5, 5.41) is 2.92. The third-order valence-corrected chi connectivity index (χ3v) is 5.60. The van der Waals surface area contributed by atoms with Crippen LogP contribution in [-0.2, 0) is 6.54 Å². The molecule has 2 heterocycles. The van der Waals surface area contributed by atoms with Crippen molar-refractivity contribution in [1.29, 1.82) is 0 Å². The van der Waals surface area contributed by atoms with Gasteiger partial charge in [0, 0.05) is 42.2 Å². The third kappa shape index (κ3) is 5.06. The van der Waals surface area contributed by atoms with Crippen LogP contribution in [0.25, 0.3) is 33.5 Å². The van der Waals surface area contributed by atoms with Crippen LogP contribution in [0.1, 0.15) is 16.8 Å². The minimum Gasteiger partial charge on any atom is -0.352 e. The molecule has 1 N–H and O–H groups in total. The Morgan fingerprint density at radius 2 is 1.46 bits per heavy atom. The predicted molar refractivity (Wildman–Crippen MR) is 130 cm³/mol. The van der Waals surface area contributed by atoms with Crippen molar-refractivity contribution in [3.05, 3.63) is 103 Å². The third-order valence-electron chi connectivity index (χ3n) is 5.60. The number of hydrogen-bond donors (Lipinski definition) is 1. The molecule has 0 saturated carbocycles. The highest BCUT2D eigenvalue weighted by Gasteiger charge is 2.15. The van der Waals surface area contributed by atoms with Gasteiger partial charge in [0.05, 0.1) is 28.7 Å². The van der Waals surface area contributed by atoms with Crippen LogP contribution in [0.5, 0.6) is 0 Å². The van der Waals surface area contributed by atoms with E-state index >= 15 is 0 Å². The topological polar surface area (TPSA) is 72.7 Å². The van der Waals surface area contributed by atoms with Crippen LogP contribution in [0.4, 0.5) is 8.78 Å². The van der Waals surface area contributed by atoms with Gasteiger partial charge in [0.15, 0.2) is 0 Å². The van der Waals surface area contributed by atoms with E-state index in [4.69, 9.17) is 9.97 Å². The fourth-order valence-electron chi connectivity index (χ4n) is 3.80. The van der Waals surface area contributed by atoms with Crippen molar-refractivity contribution in [2.75, 3.05) is 6.54 Å². The number of aryl methyl sites for hydroxylation is 1. The van der Waals surface area contributed by atoms with Gasteiger partial charge < -0.3 is 9.88 Å². The minimum absolute atomic E-state index is 0.203. The van der Waals surface area contributed by atoms with Crippen molar-refractivity contribution in [1.82, 2.24) is 24.8 Å². The molecule has 8 heteroatoms. The molecule has 0 fully saturated rings. The molecule has 0 aliphatic heterocycles. The van der Waals surface area contributed by atoms with Gasteiger partial charge in [-0.1, -0.05) is 0 Å². The van der Waals surface area contributed by atoms with Gasteiger partial charge in [-0.2, -0.15) is 0 Å². The maximum absolute atomic E-state index is 13.5. The Labute approximate surface area is 200 Å². The molecule has 1 amide bonds. The van der Waals surface area contributed by atoms with Gasteiger partial charge in [0.1, 0.15) is 11.6 Å². The van der Waals surface area contributed by atoms with E-state index in [1.807, 2.05) is 10.8 Å². The number of hydrogen-bond acceptors (Lipinski definition) is 4. The van der Waals surface area contributed by atoms with E-state index in [2.05, 4.69) is 10.3 Å². The zero-order valence-corrected chi connectivity index (χ0v) is 18.7. The highest BCUT2D eigenvalue weighted by atomic mass is 19.1. The first-order valence-electron chi connectivity index (χ1n) is 11.1. The molecular weight excluding hydrogens is 448 g/mol. The second-order valence-corrected chi connectivity index (χ2v) is 8.05. The van der Waals surface area contributed by atoms with Gasteiger partial charge in [0.25, 0.3) is 5.91 Å². The van der Waals surface area contributed by atoms with Crippen LogP contribution >= 0.6 is 0 Å². The van der Waals surface area contributed by atoms with Crippen LogP contribution in [0.15, 0.2) is 85.5 Å². The lowest BCUT2D eigenvalue weighted by molar-refractivity contribution is 0.0953. The highest BCUT2D eigenvalue weighted by Crippen LogP contribution is 2.31. The van der Waals surface area contributed by atoms with E-state index in [-0.39, 0.29) is 17.5 Å². The van der Waals surface area contributed by atoms with Crippen molar-refractivity contribution >= 4 is 16.9 Å². The Morgan fingerprint density at radius 3 is 2.06 bits per heavy atom. The first-order chi connectivity index (χ1) is 17.1.